The van der Waals surface area contributed by atoms with Crippen molar-refractivity contribution in [2.45, 2.75) is 110 Å². The van der Waals surface area contributed by atoms with Crippen molar-refractivity contribution in [3.8, 4) is 15.4 Å². The zero-order valence-corrected chi connectivity index (χ0v) is 42.1. The molecule has 7 rings (SSSR count). The Balaban J connectivity index is 0.862. The number of thiophene rings is 1. The number of aliphatic imine (C=N–C) groups is 1. The number of fused-ring (bicyclic) bond motifs is 3. The summed E-state index contributed by atoms with van der Waals surface area (Å²) in [5.41, 5.74) is 8.55. The average Bonchev–Trinajstić information content (AvgIpc) is 4.06. The Hall–Kier alpha value is -4.98. The van der Waals surface area contributed by atoms with E-state index in [1.165, 1.54) is 28.5 Å². The molecule has 19 heteroatoms. The van der Waals surface area contributed by atoms with E-state index in [4.69, 9.17) is 21.3 Å². The van der Waals surface area contributed by atoms with Crippen molar-refractivity contribution in [1.82, 2.24) is 40.6 Å². The molecule has 1 saturated heterocycles. The van der Waals surface area contributed by atoms with E-state index in [9.17, 15) is 24.3 Å². The fourth-order valence-corrected chi connectivity index (χ4v) is 11.6. The summed E-state index contributed by atoms with van der Waals surface area (Å²) in [4.78, 5) is 66.7. The smallest absolute Gasteiger partial charge is 0.247 e. The van der Waals surface area contributed by atoms with Crippen LogP contribution in [0.2, 0.25) is 5.02 Å². The van der Waals surface area contributed by atoms with Crippen LogP contribution in [-0.4, -0.2) is 114 Å². The lowest BCUT2D eigenvalue weighted by atomic mass is 9.99. The summed E-state index contributed by atoms with van der Waals surface area (Å²) in [6.45, 7) is 14.8. The van der Waals surface area contributed by atoms with Gasteiger partial charge in [-0.3, -0.25) is 28.7 Å². The monoisotopic (exact) mass is 987 g/mol. The van der Waals surface area contributed by atoms with Crippen molar-refractivity contribution in [2.24, 2.45) is 4.99 Å². The molecule has 5 aromatic rings. The molecule has 4 atom stereocenters. The minimum atomic E-state index is -0.947. The number of amides is 4. The molecule has 4 unspecified atom stereocenters. The molecule has 0 aliphatic carbocycles. The summed E-state index contributed by atoms with van der Waals surface area (Å²) < 4.78 is 7.19. The first-order chi connectivity index (χ1) is 32.0. The Kier molecular flexibility index (Phi) is 16.4. The zero-order chi connectivity index (χ0) is 48.0. The van der Waals surface area contributed by atoms with Crippen LogP contribution < -0.4 is 16.0 Å². The molecular formula is C48H58ClN9O6S3. The Morgan fingerprint density at radius 2 is 1.70 bits per heavy atom. The third kappa shape index (κ3) is 11.8. The molecular weight excluding hydrogens is 930 g/mol. The molecule has 4 amide bonds. The molecule has 356 valence electrons. The number of aryl methyl sites for hydroxylation is 3. The lowest BCUT2D eigenvalue weighted by Crippen LogP contribution is -2.59. The van der Waals surface area contributed by atoms with Crippen molar-refractivity contribution in [3.05, 3.63) is 104 Å². The Morgan fingerprint density at radius 1 is 0.985 bits per heavy atom. The van der Waals surface area contributed by atoms with Gasteiger partial charge in [-0.1, -0.05) is 48.0 Å². The van der Waals surface area contributed by atoms with Crippen LogP contribution in [0.3, 0.4) is 0 Å². The van der Waals surface area contributed by atoms with Gasteiger partial charge in [0.25, 0.3) is 0 Å². The van der Waals surface area contributed by atoms with Crippen LogP contribution in [0.5, 0.6) is 0 Å². The first-order valence-electron chi connectivity index (χ1n) is 22.4. The summed E-state index contributed by atoms with van der Waals surface area (Å²) in [6.07, 6.45) is 0.605. The van der Waals surface area contributed by atoms with E-state index < -0.39 is 34.9 Å². The number of aliphatic hydroxyl groups is 1. The van der Waals surface area contributed by atoms with Gasteiger partial charge in [0.15, 0.2) is 5.82 Å². The fourth-order valence-electron chi connectivity index (χ4n) is 8.33. The number of thiazole rings is 1. The van der Waals surface area contributed by atoms with Crippen molar-refractivity contribution in [2.75, 3.05) is 32.1 Å². The van der Waals surface area contributed by atoms with E-state index in [0.29, 0.717) is 49.2 Å². The summed E-state index contributed by atoms with van der Waals surface area (Å²) in [7, 11) is 0. The normalized spacial score (nSPS) is 17.3. The van der Waals surface area contributed by atoms with Gasteiger partial charge in [0.2, 0.25) is 23.6 Å². The van der Waals surface area contributed by atoms with Crippen molar-refractivity contribution < 1.29 is 29.0 Å². The molecule has 2 aliphatic heterocycles. The average molecular weight is 989 g/mol. The zero-order valence-electron chi connectivity index (χ0n) is 38.9. The highest BCUT2D eigenvalue weighted by molar-refractivity contribution is 8.00. The third-order valence-electron chi connectivity index (χ3n) is 12.0. The topological polar surface area (TPSA) is 193 Å². The van der Waals surface area contributed by atoms with E-state index in [1.54, 1.807) is 22.7 Å². The molecule has 4 N–H and O–H groups in total. The SMILES string of the molecule is CC(=O)NC(C(=O)N1CC(O)CC1C(=O)NCc1ccc(-c2scnc2C)cc1)C(C)(C)SCCCOCCCNC(=O)CC1N=C(c2ccc(Cl)cc2)c2c(sc(C)c2C)-n2c(C)nnc21. The van der Waals surface area contributed by atoms with E-state index in [0.717, 1.165) is 54.9 Å². The maximum absolute atomic E-state index is 14.2. The largest absolute Gasteiger partial charge is 0.391 e. The number of ether oxygens (including phenoxy) is 1. The predicted molar refractivity (Wildman–Crippen MR) is 265 cm³/mol. The van der Waals surface area contributed by atoms with Crippen LogP contribution in [0.1, 0.15) is 97.0 Å². The van der Waals surface area contributed by atoms with Gasteiger partial charge in [0.05, 0.1) is 34.3 Å². The van der Waals surface area contributed by atoms with Crippen molar-refractivity contribution >= 4 is 75.4 Å². The molecule has 1 fully saturated rings. The molecule has 5 heterocycles. The number of β-amino-alcohol motifs (C(OH)–C–C–N with tert-alkyl or cyclic N) is 1. The van der Waals surface area contributed by atoms with Gasteiger partial charge in [0, 0.05) is 72.0 Å². The molecule has 2 aliphatic rings. The molecule has 0 bridgehead atoms. The fraction of sp³-hybridized carbons (Fsp3) is 0.458. The molecule has 67 heavy (non-hydrogen) atoms. The molecule has 2 aromatic carbocycles. The number of carbonyl (C=O) groups is 4. The number of hydrogen-bond donors (Lipinski definition) is 4. The van der Waals surface area contributed by atoms with Gasteiger partial charge in [-0.15, -0.1) is 32.9 Å². The minimum absolute atomic E-state index is 0.0110. The second-order valence-corrected chi connectivity index (χ2v) is 21.7. The summed E-state index contributed by atoms with van der Waals surface area (Å²) in [6, 6.07) is 13.1. The summed E-state index contributed by atoms with van der Waals surface area (Å²) in [5, 5.41) is 29.9. The standard InChI is InChI=1S/C48H58ClN9O6S3/c1-27-29(3)67-47-40(27)41(33-14-16-35(49)17-15-33)54-37(44-56-55-30(4)58(44)47)23-39(61)50-18-8-19-64-20-9-21-66-48(6,7)43(53-31(5)59)46(63)57-25-36(60)22-38(57)45(62)51-24-32-10-12-34(13-11-32)42-28(2)52-26-65-42/h10-17,26,36-38,43,60H,8-9,18-25H2,1-7H3,(H,50,61)(H,51,62)(H,53,59). The second-order valence-electron chi connectivity index (χ2n) is 17.4. The van der Waals surface area contributed by atoms with Gasteiger partial charge in [-0.05, 0) is 89.0 Å². The molecule has 15 nitrogen and oxygen atoms in total. The highest BCUT2D eigenvalue weighted by Crippen LogP contribution is 2.40. The summed E-state index contributed by atoms with van der Waals surface area (Å²) >= 11 is 11.0. The van der Waals surface area contributed by atoms with E-state index in [-0.39, 0.29) is 43.7 Å². The van der Waals surface area contributed by atoms with Crippen molar-refractivity contribution in [3.63, 3.8) is 0 Å². The quantitative estimate of drug-likeness (QED) is 0.0638. The number of nitrogens with zero attached hydrogens (tertiary/aromatic N) is 6. The molecule has 0 spiro atoms. The van der Waals surface area contributed by atoms with Gasteiger partial charge in [-0.25, -0.2) is 4.98 Å². The number of halogens is 1. The first kappa shape index (κ1) is 49.9. The Labute approximate surface area is 408 Å². The first-order valence-corrected chi connectivity index (χ1v) is 25.5. The van der Waals surface area contributed by atoms with Crippen LogP contribution >= 0.6 is 46.0 Å². The van der Waals surface area contributed by atoms with Gasteiger partial charge in [-0.2, -0.15) is 11.8 Å². The number of rotatable bonds is 19. The Bertz CT molecular complexity index is 2610. The number of aliphatic hydroxyl groups excluding tert-OH is 1. The second kappa shape index (κ2) is 22.0. The number of aromatic nitrogens is 4. The highest BCUT2D eigenvalue weighted by atomic mass is 35.5. The van der Waals surface area contributed by atoms with Crippen LogP contribution in [0, 0.1) is 27.7 Å². The highest BCUT2D eigenvalue weighted by Gasteiger charge is 2.46. The van der Waals surface area contributed by atoms with Crippen LogP contribution in [0.15, 0.2) is 59.0 Å². The maximum atomic E-state index is 14.2. The van der Waals surface area contributed by atoms with E-state index in [1.807, 2.05) is 86.3 Å². The van der Waals surface area contributed by atoms with Crippen molar-refractivity contribution in [1.29, 1.82) is 0 Å². The van der Waals surface area contributed by atoms with Crippen LogP contribution in [0.25, 0.3) is 15.4 Å². The lowest BCUT2D eigenvalue weighted by Gasteiger charge is -2.37. The maximum Gasteiger partial charge on any atom is 0.247 e. The lowest BCUT2D eigenvalue weighted by molar-refractivity contribution is -0.142. The Morgan fingerprint density at radius 3 is 2.40 bits per heavy atom. The predicted octanol–water partition coefficient (Wildman–Crippen LogP) is 6.83. The number of hydrogen-bond acceptors (Lipinski definition) is 13. The number of benzene rings is 2. The number of likely N-dealkylation sites (tertiary alicyclic amines) is 1. The number of carbonyl (C=O) groups excluding carboxylic acids is 4. The van der Waals surface area contributed by atoms with E-state index in [2.05, 4.69) is 45.0 Å². The third-order valence-corrected chi connectivity index (χ3v) is 15.9. The summed E-state index contributed by atoms with van der Waals surface area (Å²) in [5.74, 6) is 0.674. The molecule has 0 radical (unpaired) electrons. The number of thioether (sulfide) groups is 1. The van der Waals surface area contributed by atoms with Gasteiger partial charge >= 0.3 is 0 Å². The minimum Gasteiger partial charge on any atom is -0.391 e. The van der Waals surface area contributed by atoms with Crippen LogP contribution in [-0.2, 0) is 30.5 Å². The number of nitrogens with one attached hydrogen (secondary N) is 3. The van der Waals surface area contributed by atoms with E-state index >= 15 is 0 Å². The molecule has 3 aromatic heterocycles. The van der Waals surface area contributed by atoms with Crippen LogP contribution in [0.4, 0.5) is 0 Å². The molecule has 0 saturated carbocycles. The van der Waals surface area contributed by atoms with Gasteiger partial charge in [0.1, 0.15) is 29.0 Å². The van der Waals surface area contributed by atoms with Gasteiger partial charge < -0.3 is 30.7 Å².